The van der Waals surface area contributed by atoms with Gasteiger partial charge in [0.05, 0.1) is 0 Å². The number of benzene rings is 3. The van der Waals surface area contributed by atoms with Gasteiger partial charge in [-0.2, -0.15) is 0 Å². The number of fused-ring (bicyclic) bond motifs is 1. The molecule has 2 heterocycles. The zero-order chi connectivity index (χ0) is 21.6. The van der Waals surface area contributed by atoms with Gasteiger partial charge in [-0.3, -0.25) is 0 Å². The molecular weight excluding hydrogens is 394 g/mol. The Bertz CT molecular complexity index is 1250. The van der Waals surface area contributed by atoms with E-state index in [-0.39, 0.29) is 17.5 Å². The Hall–Kier alpha value is -3.60. The molecular formula is C26H19BF3N. The number of hydrogen-bond acceptors (Lipinski definition) is 0. The fourth-order valence-corrected chi connectivity index (χ4v) is 5.12. The molecule has 1 nitrogen and oxygen atoms in total. The van der Waals surface area contributed by atoms with Crippen LogP contribution in [0.25, 0.3) is 11.0 Å². The average Bonchev–Trinajstić information content (AvgIpc) is 3.05. The molecule has 0 fully saturated rings. The van der Waals surface area contributed by atoms with Crippen LogP contribution in [0.4, 0.5) is 13.2 Å². The van der Waals surface area contributed by atoms with Crippen LogP contribution in [0.15, 0.2) is 97.2 Å². The predicted molar refractivity (Wildman–Crippen MR) is 119 cm³/mol. The molecule has 0 atom stereocenters. The first-order valence-corrected chi connectivity index (χ1v) is 10.2. The number of halogens is 3. The van der Waals surface area contributed by atoms with Gasteiger partial charge in [0, 0.05) is 6.07 Å². The van der Waals surface area contributed by atoms with Crippen molar-refractivity contribution in [1.29, 1.82) is 0 Å². The van der Waals surface area contributed by atoms with Gasteiger partial charge in [-0.05, 0) is 55.0 Å². The van der Waals surface area contributed by atoms with Crippen molar-refractivity contribution in [3.05, 3.63) is 126 Å². The van der Waals surface area contributed by atoms with Gasteiger partial charge in [0.25, 0.3) is 0 Å². The standard InChI is InChI=1S/C26H19BF3N/c1-18-25-4-2-3-17-31(25)27(20-7-13-23(29)14-8-20,21-9-15-24(30)16-10-21)26(18)19-5-11-22(28)12-6-19/h2-17H,1H3. The Labute approximate surface area is 179 Å². The topological polar surface area (TPSA) is 3.88 Å². The second-order valence-electron chi connectivity index (χ2n) is 7.96. The number of pyridine rings is 1. The second-order valence-corrected chi connectivity index (χ2v) is 7.96. The zero-order valence-corrected chi connectivity index (χ0v) is 16.9. The summed E-state index contributed by atoms with van der Waals surface area (Å²) in [6, 6.07) is 25.3. The van der Waals surface area contributed by atoms with Gasteiger partial charge in [-0.25, -0.2) is 13.2 Å². The lowest BCUT2D eigenvalue weighted by molar-refractivity contribution is -0.539. The highest BCUT2D eigenvalue weighted by Gasteiger charge is 2.50. The van der Waals surface area contributed by atoms with Gasteiger partial charge in [0.1, 0.15) is 23.6 Å². The molecule has 1 aliphatic heterocycles. The second kappa shape index (κ2) is 7.27. The van der Waals surface area contributed by atoms with E-state index >= 15 is 0 Å². The number of rotatable bonds is 3. The molecule has 5 heteroatoms. The molecule has 152 valence electrons. The smallest absolute Gasteiger partial charge is 0.361 e. The summed E-state index contributed by atoms with van der Waals surface area (Å²) in [4.78, 5) is 0. The van der Waals surface area contributed by atoms with Crippen LogP contribution in [0.5, 0.6) is 0 Å². The van der Waals surface area contributed by atoms with Gasteiger partial charge in [-0.1, -0.05) is 48.0 Å². The van der Waals surface area contributed by atoms with E-state index in [0.29, 0.717) is 0 Å². The van der Waals surface area contributed by atoms with Crippen molar-refractivity contribution >= 4 is 28.3 Å². The van der Waals surface area contributed by atoms with Crippen molar-refractivity contribution < 1.29 is 17.6 Å². The molecule has 31 heavy (non-hydrogen) atoms. The summed E-state index contributed by atoms with van der Waals surface area (Å²) in [5, 5.41) is 0. The lowest BCUT2D eigenvalue weighted by Gasteiger charge is -2.35. The Morgan fingerprint density at radius 1 is 0.613 bits per heavy atom. The molecule has 0 saturated carbocycles. The van der Waals surface area contributed by atoms with E-state index in [9.17, 15) is 13.2 Å². The van der Waals surface area contributed by atoms with Crippen molar-refractivity contribution in [2.75, 3.05) is 0 Å². The van der Waals surface area contributed by atoms with Crippen molar-refractivity contribution in [2.24, 2.45) is 0 Å². The van der Waals surface area contributed by atoms with Gasteiger partial charge in [0.2, 0.25) is 0 Å². The molecule has 3 aromatic carbocycles. The van der Waals surface area contributed by atoms with Gasteiger partial charge < -0.3 is 4.48 Å². The Balaban J connectivity index is 1.93. The van der Waals surface area contributed by atoms with Crippen LogP contribution in [0, 0.1) is 17.5 Å². The zero-order valence-electron chi connectivity index (χ0n) is 16.9. The summed E-state index contributed by atoms with van der Waals surface area (Å²) < 4.78 is 43.7. The summed E-state index contributed by atoms with van der Waals surface area (Å²) in [7, 11) is 0. The number of allylic oxidation sites excluding steroid dienone is 1. The summed E-state index contributed by atoms with van der Waals surface area (Å²) >= 11 is 0. The molecule has 0 unspecified atom stereocenters. The van der Waals surface area contributed by atoms with E-state index in [2.05, 4.69) is 4.48 Å². The predicted octanol–water partition coefficient (Wildman–Crippen LogP) is 4.48. The minimum absolute atomic E-state index is 0.313. The minimum Gasteiger partial charge on any atom is -0.408 e. The Morgan fingerprint density at radius 3 is 1.61 bits per heavy atom. The SMILES string of the molecule is CC1=C(c2ccc(F)cc2)[B-](c2ccc(F)cc2)(c2ccc(F)cc2)[n+]2ccccc21. The fraction of sp³-hybridized carbons (Fsp3) is 0.0385. The van der Waals surface area contributed by atoms with Crippen LogP contribution >= 0.6 is 0 Å². The van der Waals surface area contributed by atoms with Gasteiger partial charge in [0.15, 0.2) is 5.69 Å². The van der Waals surface area contributed by atoms with E-state index in [0.717, 1.165) is 33.2 Å². The highest BCUT2D eigenvalue weighted by Crippen LogP contribution is 2.36. The first kappa shape index (κ1) is 19.4. The van der Waals surface area contributed by atoms with E-state index in [1.807, 2.05) is 31.3 Å². The highest BCUT2D eigenvalue weighted by molar-refractivity contribution is 7.10. The molecule has 0 N–H and O–H groups in total. The molecule has 5 rings (SSSR count). The normalized spacial score (nSPS) is 14.6. The molecule has 0 aliphatic carbocycles. The average molecular weight is 413 g/mol. The third kappa shape index (κ3) is 2.92. The van der Waals surface area contributed by atoms with Gasteiger partial charge in [-0.15, -0.1) is 16.4 Å². The maximum absolute atomic E-state index is 13.9. The molecule has 1 aromatic heterocycles. The van der Waals surface area contributed by atoms with E-state index in [1.165, 1.54) is 36.4 Å². The number of aromatic nitrogens is 1. The molecule has 1 aliphatic rings. The minimum atomic E-state index is -1.81. The summed E-state index contributed by atoms with van der Waals surface area (Å²) in [6.07, 6.45) is 0.188. The summed E-state index contributed by atoms with van der Waals surface area (Å²) in [5.74, 6) is -0.963. The molecule has 4 aromatic rings. The van der Waals surface area contributed by atoms with E-state index < -0.39 is 6.28 Å². The summed E-state index contributed by atoms with van der Waals surface area (Å²) in [6.45, 7) is 2.04. The van der Waals surface area contributed by atoms with Crippen LogP contribution in [0.2, 0.25) is 0 Å². The van der Waals surface area contributed by atoms with Crippen molar-refractivity contribution in [2.45, 2.75) is 6.92 Å². The van der Waals surface area contributed by atoms with Crippen molar-refractivity contribution in [3.63, 3.8) is 0 Å². The van der Waals surface area contributed by atoms with Crippen LogP contribution in [0.1, 0.15) is 18.2 Å². The van der Waals surface area contributed by atoms with Crippen LogP contribution in [-0.2, 0) is 0 Å². The van der Waals surface area contributed by atoms with Crippen LogP contribution in [0.3, 0.4) is 0 Å². The van der Waals surface area contributed by atoms with E-state index in [4.69, 9.17) is 0 Å². The molecule has 0 bridgehead atoms. The molecule has 0 radical (unpaired) electrons. The first-order chi connectivity index (χ1) is 15.0. The fourth-order valence-electron chi connectivity index (χ4n) is 5.12. The Morgan fingerprint density at radius 2 is 1.10 bits per heavy atom. The lowest BCUT2D eigenvalue weighted by atomic mass is 9.23. The summed E-state index contributed by atoms with van der Waals surface area (Å²) in [5.41, 5.74) is 5.71. The third-order valence-corrected chi connectivity index (χ3v) is 6.37. The quantitative estimate of drug-likeness (QED) is 0.436. The van der Waals surface area contributed by atoms with Crippen molar-refractivity contribution in [3.8, 4) is 0 Å². The maximum Gasteiger partial charge on any atom is 0.361 e. The maximum atomic E-state index is 13.9. The highest BCUT2D eigenvalue weighted by atomic mass is 19.1. The van der Waals surface area contributed by atoms with Crippen LogP contribution < -0.4 is 15.4 Å². The number of hydrogen-bond donors (Lipinski definition) is 0. The lowest BCUT2D eigenvalue weighted by Crippen LogP contribution is -2.78. The molecule has 0 amide bonds. The monoisotopic (exact) mass is 413 g/mol. The third-order valence-electron chi connectivity index (χ3n) is 6.37. The first-order valence-electron chi connectivity index (χ1n) is 10.2. The van der Waals surface area contributed by atoms with Crippen LogP contribution in [-0.4, -0.2) is 6.28 Å². The van der Waals surface area contributed by atoms with Gasteiger partial charge >= 0.3 is 6.28 Å². The van der Waals surface area contributed by atoms with E-state index in [1.54, 1.807) is 36.4 Å². The van der Waals surface area contributed by atoms with Crippen molar-refractivity contribution in [1.82, 2.24) is 0 Å². The Kier molecular flexibility index (Phi) is 4.55. The molecule has 0 saturated heterocycles. The largest absolute Gasteiger partial charge is 0.408 e. The molecule has 0 spiro atoms. The number of nitrogens with zero attached hydrogens (tertiary/aromatic N) is 1.